The van der Waals surface area contributed by atoms with Gasteiger partial charge in [0.15, 0.2) is 0 Å². The highest BCUT2D eigenvalue weighted by atomic mass is 79.9. The largest absolute Gasteiger partial charge is 0.336 e. The Balaban J connectivity index is 2.49. The van der Waals surface area contributed by atoms with Gasteiger partial charge in [-0.1, -0.05) is 22.5 Å². The van der Waals surface area contributed by atoms with E-state index in [0.29, 0.717) is 6.54 Å². The van der Waals surface area contributed by atoms with E-state index in [-0.39, 0.29) is 11.9 Å². The Hall–Kier alpha value is -0.350. The summed E-state index contributed by atoms with van der Waals surface area (Å²) >= 11 is 3.20. The molecule has 1 unspecified atom stereocenters. The monoisotopic (exact) mass is 218 g/mol. The number of amides is 1. The SMILES string of the molecule is C=C(Br)CN1CCC(N)C1=O. The molecule has 0 radical (unpaired) electrons. The van der Waals surface area contributed by atoms with E-state index in [0.717, 1.165) is 17.4 Å². The maximum atomic E-state index is 11.2. The molecule has 1 amide bonds. The number of carbonyl (C=O) groups is 1. The van der Waals surface area contributed by atoms with Gasteiger partial charge in [0.25, 0.3) is 0 Å². The Labute approximate surface area is 74.4 Å². The van der Waals surface area contributed by atoms with Crippen LogP contribution in [0.15, 0.2) is 11.1 Å². The first kappa shape index (κ1) is 8.74. The average molecular weight is 219 g/mol. The van der Waals surface area contributed by atoms with Gasteiger partial charge in [-0.25, -0.2) is 0 Å². The number of nitrogens with zero attached hydrogens (tertiary/aromatic N) is 1. The summed E-state index contributed by atoms with van der Waals surface area (Å²) in [6.07, 6.45) is 0.763. The number of carbonyl (C=O) groups excluding carboxylic acids is 1. The second kappa shape index (κ2) is 3.36. The van der Waals surface area contributed by atoms with E-state index in [2.05, 4.69) is 22.5 Å². The highest BCUT2D eigenvalue weighted by Gasteiger charge is 2.27. The van der Waals surface area contributed by atoms with Crippen LogP contribution >= 0.6 is 15.9 Å². The van der Waals surface area contributed by atoms with Gasteiger partial charge in [-0.3, -0.25) is 4.79 Å². The molecule has 62 valence electrons. The molecule has 1 fully saturated rings. The molecule has 1 heterocycles. The van der Waals surface area contributed by atoms with Crippen molar-refractivity contribution in [3.63, 3.8) is 0 Å². The highest BCUT2D eigenvalue weighted by Crippen LogP contribution is 2.12. The van der Waals surface area contributed by atoms with Crippen molar-refractivity contribution in [2.45, 2.75) is 12.5 Å². The number of likely N-dealkylation sites (tertiary alicyclic amines) is 1. The molecule has 1 saturated heterocycles. The van der Waals surface area contributed by atoms with Crippen LogP contribution in [0.2, 0.25) is 0 Å². The summed E-state index contributed by atoms with van der Waals surface area (Å²) < 4.78 is 0.819. The highest BCUT2D eigenvalue weighted by molar-refractivity contribution is 9.11. The van der Waals surface area contributed by atoms with E-state index in [1.807, 2.05) is 0 Å². The Kier molecular flexibility index (Phi) is 2.67. The summed E-state index contributed by atoms with van der Waals surface area (Å²) in [6.45, 7) is 4.99. The average Bonchev–Trinajstić information content (AvgIpc) is 2.18. The lowest BCUT2D eigenvalue weighted by Gasteiger charge is -2.14. The standard InChI is InChI=1S/C7H11BrN2O/c1-5(8)4-10-3-2-6(9)7(10)11/h6H,1-4,9H2. The fourth-order valence-corrected chi connectivity index (χ4v) is 1.43. The molecule has 1 aliphatic heterocycles. The third-order valence-electron chi connectivity index (χ3n) is 1.70. The van der Waals surface area contributed by atoms with Crippen LogP contribution in [0, 0.1) is 0 Å². The van der Waals surface area contributed by atoms with E-state index in [1.54, 1.807) is 4.90 Å². The van der Waals surface area contributed by atoms with Gasteiger partial charge >= 0.3 is 0 Å². The first-order valence-electron chi connectivity index (χ1n) is 3.49. The number of rotatable bonds is 2. The Bertz CT molecular complexity index is 193. The Morgan fingerprint density at radius 2 is 2.55 bits per heavy atom. The topological polar surface area (TPSA) is 46.3 Å². The minimum atomic E-state index is -0.290. The molecule has 1 rings (SSSR count). The van der Waals surface area contributed by atoms with Crippen LogP contribution in [0.25, 0.3) is 0 Å². The van der Waals surface area contributed by atoms with Gasteiger partial charge in [0.05, 0.1) is 12.6 Å². The van der Waals surface area contributed by atoms with Crippen molar-refractivity contribution < 1.29 is 4.79 Å². The first-order valence-corrected chi connectivity index (χ1v) is 4.28. The molecule has 0 aromatic carbocycles. The molecule has 0 aromatic heterocycles. The predicted octanol–water partition coefficient (Wildman–Crippen LogP) is 0.455. The lowest BCUT2D eigenvalue weighted by atomic mass is 10.3. The zero-order valence-electron chi connectivity index (χ0n) is 6.22. The normalized spacial score (nSPS) is 24.4. The lowest BCUT2D eigenvalue weighted by Crippen LogP contribution is -2.34. The van der Waals surface area contributed by atoms with Crippen LogP contribution in [0.5, 0.6) is 0 Å². The molecule has 0 aliphatic carbocycles. The number of halogens is 1. The molecular weight excluding hydrogens is 208 g/mol. The quantitative estimate of drug-likeness (QED) is 0.733. The van der Waals surface area contributed by atoms with E-state index in [9.17, 15) is 4.79 Å². The third kappa shape index (κ3) is 2.04. The van der Waals surface area contributed by atoms with E-state index < -0.39 is 0 Å². The summed E-state index contributed by atoms with van der Waals surface area (Å²) in [6, 6.07) is -0.290. The summed E-state index contributed by atoms with van der Waals surface area (Å²) in [5.74, 6) is 0.0330. The van der Waals surface area contributed by atoms with Gasteiger partial charge in [-0.05, 0) is 6.42 Å². The molecule has 1 atom stereocenters. The van der Waals surface area contributed by atoms with Gasteiger partial charge in [0, 0.05) is 11.0 Å². The Morgan fingerprint density at radius 1 is 1.91 bits per heavy atom. The molecule has 0 aromatic rings. The minimum absolute atomic E-state index is 0.0330. The van der Waals surface area contributed by atoms with Gasteiger partial charge in [0.1, 0.15) is 0 Å². The first-order chi connectivity index (χ1) is 5.11. The van der Waals surface area contributed by atoms with Crippen LogP contribution in [0.4, 0.5) is 0 Å². The molecule has 2 N–H and O–H groups in total. The molecular formula is C7H11BrN2O. The zero-order valence-corrected chi connectivity index (χ0v) is 7.80. The number of hydrogen-bond acceptors (Lipinski definition) is 2. The molecule has 4 heteroatoms. The van der Waals surface area contributed by atoms with Crippen LogP contribution in [-0.2, 0) is 4.79 Å². The van der Waals surface area contributed by atoms with Crippen LogP contribution in [-0.4, -0.2) is 29.9 Å². The van der Waals surface area contributed by atoms with Crippen LogP contribution in [0.1, 0.15) is 6.42 Å². The third-order valence-corrected chi connectivity index (χ3v) is 1.95. The smallest absolute Gasteiger partial charge is 0.239 e. The van der Waals surface area contributed by atoms with Crippen molar-refractivity contribution >= 4 is 21.8 Å². The second-order valence-corrected chi connectivity index (χ2v) is 3.79. The van der Waals surface area contributed by atoms with Gasteiger partial charge in [0.2, 0.25) is 5.91 Å². The van der Waals surface area contributed by atoms with Crippen molar-refractivity contribution in [1.29, 1.82) is 0 Å². The summed E-state index contributed by atoms with van der Waals surface area (Å²) in [4.78, 5) is 12.9. The molecule has 3 nitrogen and oxygen atoms in total. The van der Waals surface area contributed by atoms with Crippen molar-refractivity contribution in [2.75, 3.05) is 13.1 Å². The Morgan fingerprint density at radius 3 is 2.91 bits per heavy atom. The molecule has 0 bridgehead atoms. The second-order valence-electron chi connectivity index (χ2n) is 2.67. The maximum Gasteiger partial charge on any atom is 0.239 e. The van der Waals surface area contributed by atoms with Gasteiger partial charge < -0.3 is 10.6 Å². The van der Waals surface area contributed by atoms with E-state index >= 15 is 0 Å². The van der Waals surface area contributed by atoms with Crippen molar-refractivity contribution in [1.82, 2.24) is 4.90 Å². The maximum absolute atomic E-state index is 11.2. The van der Waals surface area contributed by atoms with Crippen LogP contribution in [0.3, 0.4) is 0 Å². The predicted molar refractivity (Wildman–Crippen MR) is 47.2 cm³/mol. The molecule has 11 heavy (non-hydrogen) atoms. The number of nitrogens with two attached hydrogens (primary N) is 1. The zero-order chi connectivity index (χ0) is 8.43. The van der Waals surface area contributed by atoms with Crippen LogP contribution < -0.4 is 5.73 Å². The molecule has 0 saturated carbocycles. The lowest BCUT2D eigenvalue weighted by molar-refractivity contribution is -0.128. The molecule has 0 spiro atoms. The number of hydrogen-bond donors (Lipinski definition) is 1. The summed E-state index contributed by atoms with van der Waals surface area (Å²) in [5, 5.41) is 0. The van der Waals surface area contributed by atoms with Crippen molar-refractivity contribution in [3.8, 4) is 0 Å². The minimum Gasteiger partial charge on any atom is -0.336 e. The summed E-state index contributed by atoms with van der Waals surface area (Å²) in [5.41, 5.74) is 5.51. The fourth-order valence-electron chi connectivity index (χ4n) is 1.13. The fraction of sp³-hybridized carbons (Fsp3) is 0.571. The molecule has 1 aliphatic rings. The van der Waals surface area contributed by atoms with Gasteiger partial charge in [-0.15, -0.1) is 0 Å². The van der Waals surface area contributed by atoms with Crippen molar-refractivity contribution in [2.24, 2.45) is 5.73 Å². The summed E-state index contributed by atoms with van der Waals surface area (Å²) in [7, 11) is 0. The van der Waals surface area contributed by atoms with E-state index in [4.69, 9.17) is 5.73 Å². The van der Waals surface area contributed by atoms with Gasteiger partial charge in [-0.2, -0.15) is 0 Å². The van der Waals surface area contributed by atoms with Crippen molar-refractivity contribution in [3.05, 3.63) is 11.1 Å². The van der Waals surface area contributed by atoms with E-state index in [1.165, 1.54) is 0 Å².